The maximum atomic E-state index is 10.0. The van der Waals surface area contributed by atoms with Crippen LogP contribution in [-0.4, -0.2) is 17.8 Å². The van der Waals surface area contributed by atoms with Crippen LogP contribution in [0.15, 0.2) is 0 Å². The van der Waals surface area contributed by atoms with Gasteiger partial charge in [-0.15, -0.1) is 0 Å². The summed E-state index contributed by atoms with van der Waals surface area (Å²) in [6.07, 6.45) is 3.25. The fraction of sp³-hybridized carbons (Fsp3) is 0.765. The van der Waals surface area contributed by atoms with Gasteiger partial charge < -0.3 is 9.47 Å². The summed E-state index contributed by atoms with van der Waals surface area (Å²) in [6.45, 7) is 3.74. The first kappa shape index (κ1) is 15.8. The molecule has 0 spiro atoms. The quantitative estimate of drug-likeness (QED) is 0.799. The Morgan fingerprint density at radius 1 is 1.13 bits per heavy atom. The smallest absolute Gasteiger partial charge is 0.217 e. The predicted octanol–water partition coefficient (Wildman–Crippen LogP) is 2.87. The Morgan fingerprint density at radius 2 is 1.83 bits per heavy atom. The minimum absolute atomic E-state index is 0.141. The fourth-order valence-electron chi connectivity index (χ4n) is 4.70. The second-order valence-electron chi connectivity index (χ2n) is 7.13. The lowest BCUT2D eigenvalue weighted by molar-refractivity contribution is -0.290. The van der Waals surface area contributed by atoms with E-state index in [2.05, 4.69) is 18.2 Å². The standard InChI is InChI=1S/C17H20N4O2/c1-11(2)13-15(8-18,9-19)16(10-20)12-6-4-3-5-7-17(12,22-13)23-14(16)21/h11-13,21H,3-7H2,1-2H3. The van der Waals surface area contributed by atoms with Crippen LogP contribution in [0.1, 0.15) is 46.0 Å². The minimum atomic E-state index is -1.72. The van der Waals surface area contributed by atoms with E-state index in [0.717, 1.165) is 19.3 Å². The fourth-order valence-corrected chi connectivity index (χ4v) is 4.70. The second kappa shape index (κ2) is 4.95. The van der Waals surface area contributed by atoms with Crippen LogP contribution in [0.5, 0.6) is 0 Å². The summed E-state index contributed by atoms with van der Waals surface area (Å²) < 4.78 is 12.1. The van der Waals surface area contributed by atoms with Crippen molar-refractivity contribution in [1.82, 2.24) is 0 Å². The van der Waals surface area contributed by atoms with Crippen molar-refractivity contribution >= 4 is 5.90 Å². The molecule has 1 aliphatic carbocycles. The summed E-state index contributed by atoms with van der Waals surface area (Å²) in [5, 5.41) is 38.2. The third kappa shape index (κ3) is 1.61. The molecule has 2 aliphatic heterocycles. The number of nitrogens with one attached hydrogen (secondary N) is 1. The largest absolute Gasteiger partial charge is 0.447 e. The number of rotatable bonds is 1. The SMILES string of the molecule is CC(C)C1OC23CCCCCC2C(C#N)(C(=N)O3)C1(C#N)C#N. The molecular weight excluding hydrogens is 292 g/mol. The van der Waals surface area contributed by atoms with Gasteiger partial charge in [-0.2, -0.15) is 15.8 Å². The van der Waals surface area contributed by atoms with Gasteiger partial charge in [-0.1, -0.05) is 26.7 Å². The van der Waals surface area contributed by atoms with Crippen molar-refractivity contribution in [3.63, 3.8) is 0 Å². The van der Waals surface area contributed by atoms with E-state index in [1.54, 1.807) is 0 Å². The molecule has 0 aromatic carbocycles. The van der Waals surface area contributed by atoms with Gasteiger partial charge in [-0.05, 0) is 18.8 Å². The van der Waals surface area contributed by atoms with Crippen molar-refractivity contribution in [2.24, 2.45) is 22.7 Å². The van der Waals surface area contributed by atoms with Crippen LogP contribution in [0.2, 0.25) is 0 Å². The van der Waals surface area contributed by atoms with Gasteiger partial charge in [0.15, 0.2) is 10.8 Å². The molecule has 3 fully saturated rings. The molecule has 120 valence electrons. The van der Waals surface area contributed by atoms with E-state index in [9.17, 15) is 15.8 Å². The minimum Gasteiger partial charge on any atom is -0.447 e. The van der Waals surface area contributed by atoms with Gasteiger partial charge in [0.2, 0.25) is 11.7 Å². The molecule has 0 radical (unpaired) electrons. The van der Waals surface area contributed by atoms with Gasteiger partial charge >= 0.3 is 0 Å². The highest BCUT2D eigenvalue weighted by molar-refractivity contribution is 5.89. The molecule has 0 aromatic heterocycles. The van der Waals surface area contributed by atoms with Crippen molar-refractivity contribution in [3.05, 3.63) is 0 Å². The van der Waals surface area contributed by atoms with Crippen LogP contribution in [0.25, 0.3) is 0 Å². The zero-order chi connectivity index (χ0) is 16.9. The summed E-state index contributed by atoms with van der Waals surface area (Å²) in [7, 11) is 0. The van der Waals surface area contributed by atoms with Crippen LogP contribution < -0.4 is 0 Å². The molecule has 4 atom stereocenters. The van der Waals surface area contributed by atoms with E-state index < -0.39 is 28.6 Å². The maximum Gasteiger partial charge on any atom is 0.217 e. The molecule has 4 unspecified atom stereocenters. The van der Waals surface area contributed by atoms with E-state index in [4.69, 9.17) is 14.9 Å². The molecule has 23 heavy (non-hydrogen) atoms. The van der Waals surface area contributed by atoms with Crippen LogP contribution >= 0.6 is 0 Å². The second-order valence-corrected chi connectivity index (χ2v) is 7.13. The van der Waals surface area contributed by atoms with Crippen molar-refractivity contribution < 1.29 is 9.47 Å². The molecule has 3 aliphatic rings. The zero-order valence-electron chi connectivity index (χ0n) is 13.4. The normalized spacial score (nSPS) is 41.0. The third-order valence-corrected chi connectivity index (χ3v) is 5.71. The number of ether oxygens (including phenoxy) is 2. The average molecular weight is 312 g/mol. The maximum absolute atomic E-state index is 10.0. The summed E-state index contributed by atoms with van der Waals surface area (Å²) in [5.41, 5.74) is -3.27. The lowest BCUT2D eigenvalue weighted by Crippen LogP contribution is -2.63. The molecule has 0 amide bonds. The highest BCUT2D eigenvalue weighted by Crippen LogP contribution is 2.66. The molecule has 2 bridgehead atoms. The highest BCUT2D eigenvalue weighted by atomic mass is 16.7. The molecule has 6 heteroatoms. The first-order valence-corrected chi connectivity index (χ1v) is 8.13. The van der Waals surface area contributed by atoms with Gasteiger partial charge in [0.05, 0.1) is 30.2 Å². The Balaban J connectivity index is 2.30. The lowest BCUT2D eigenvalue weighted by Gasteiger charge is -2.50. The molecule has 0 aromatic rings. The Kier molecular flexibility index (Phi) is 3.40. The van der Waals surface area contributed by atoms with Gasteiger partial charge in [0.1, 0.15) is 0 Å². The molecule has 1 saturated carbocycles. The molecular formula is C17H20N4O2. The summed E-state index contributed by atoms with van der Waals surface area (Å²) in [4.78, 5) is 0. The first-order chi connectivity index (χ1) is 10.9. The van der Waals surface area contributed by atoms with Crippen LogP contribution in [-0.2, 0) is 9.47 Å². The van der Waals surface area contributed by atoms with Gasteiger partial charge in [0, 0.05) is 6.42 Å². The Labute approximate surface area is 136 Å². The molecule has 6 nitrogen and oxygen atoms in total. The number of hydrogen-bond donors (Lipinski definition) is 1. The molecule has 2 heterocycles. The predicted molar refractivity (Wildman–Crippen MR) is 79.5 cm³/mol. The van der Waals surface area contributed by atoms with Crippen LogP contribution in [0, 0.1) is 62.1 Å². The van der Waals surface area contributed by atoms with Crippen molar-refractivity contribution in [2.45, 2.75) is 57.8 Å². The van der Waals surface area contributed by atoms with Crippen molar-refractivity contribution in [3.8, 4) is 18.2 Å². The van der Waals surface area contributed by atoms with Gasteiger partial charge in [-0.25, -0.2) is 0 Å². The average Bonchev–Trinajstić information content (AvgIpc) is 2.68. The Morgan fingerprint density at radius 3 is 2.39 bits per heavy atom. The van der Waals surface area contributed by atoms with Gasteiger partial charge in [-0.3, -0.25) is 5.41 Å². The van der Waals surface area contributed by atoms with E-state index in [1.165, 1.54) is 0 Å². The summed E-state index contributed by atoms with van der Waals surface area (Å²) in [6, 6.07) is 6.32. The Hall–Kier alpha value is -2.10. The van der Waals surface area contributed by atoms with Crippen LogP contribution in [0.3, 0.4) is 0 Å². The van der Waals surface area contributed by atoms with Crippen molar-refractivity contribution in [2.75, 3.05) is 0 Å². The Bertz CT molecular complexity index is 654. The highest BCUT2D eigenvalue weighted by Gasteiger charge is 2.80. The zero-order valence-corrected chi connectivity index (χ0v) is 13.4. The van der Waals surface area contributed by atoms with E-state index in [0.29, 0.717) is 12.8 Å². The molecule has 3 rings (SSSR count). The van der Waals surface area contributed by atoms with Crippen molar-refractivity contribution in [1.29, 1.82) is 21.2 Å². The van der Waals surface area contributed by atoms with E-state index in [-0.39, 0.29) is 11.8 Å². The lowest BCUT2D eigenvalue weighted by atomic mass is 9.52. The summed E-state index contributed by atoms with van der Waals surface area (Å²) >= 11 is 0. The summed E-state index contributed by atoms with van der Waals surface area (Å²) in [5.74, 6) is -1.88. The number of nitrogens with zero attached hydrogens (tertiary/aromatic N) is 3. The van der Waals surface area contributed by atoms with E-state index in [1.807, 2.05) is 13.8 Å². The monoisotopic (exact) mass is 312 g/mol. The third-order valence-electron chi connectivity index (χ3n) is 5.71. The van der Waals surface area contributed by atoms with Gasteiger partial charge in [0.25, 0.3) is 0 Å². The first-order valence-electron chi connectivity index (χ1n) is 8.13. The number of hydrogen-bond acceptors (Lipinski definition) is 6. The van der Waals surface area contributed by atoms with E-state index >= 15 is 0 Å². The number of nitriles is 3. The molecule has 1 N–H and O–H groups in total. The van der Waals surface area contributed by atoms with Crippen LogP contribution in [0.4, 0.5) is 0 Å². The topological polar surface area (TPSA) is 114 Å². The molecule has 2 saturated heterocycles.